The molecule has 0 unspecified atom stereocenters. The molecule has 2 rings (SSSR count). The molecule has 0 aliphatic carbocycles. The molecular weight excluding hydrogens is 458 g/mol. The highest BCUT2D eigenvalue weighted by molar-refractivity contribution is 7.88. The molecular formula is C23H31N5O5S. The Kier molecular flexibility index (Phi) is 10.2. The van der Waals surface area contributed by atoms with Gasteiger partial charge in [-0.2, -0.15) is 0 Å². The summed E-state index contributed by atoms with van der Waals surface area (Å²) in [7, 11) is -3.91. The molecule has 2 amide bonds. The van der Waals surface area contributed by atoms with Gasteiger partial charge in [-0.05, 0) is 17.5 Å². The number of aliphatic hydroxyl groups is 1. The SMILES string of the molecule is CCC[C@H](NC(=O)[C@@H](CO)NS(=O)(=O)Cc1ccccc1)C(=O)NCc1ccc(C(=N)N)cc1. The van der Waals surface area contributed by atoms with E-state index in [-0.39, 0.29) is 18.1 Å². The third-order valence-electron chi connectivity index (χ3n) is 4.96. The lowest BCUT2D eigenvalue weighted by Gasteiger charge is -2.22. The predicted octanol–water partition coefficient (Wildman–Crippen LogP) is 0.352. The topological polar surface area (TPSA) is 174 Å². The number of hydrogen-bond donors (Lipinski definition) is 6. The van der Waals surface area contributed by atoms with Crippen LogP contribution in [0.25, 0.3) is 0 Å². The van der Waals surface area contributed by atoms with Gasteiger partial charge in [-0.25, -0.2) is 13.1 Å². The molecule has 34 heavy (non-hydrogen) atoms. The summed E-state index contributed by atoms with van der Waals surface area (Å²) in [4.78, 5) is 25.3. The summed E-state index contributed by atoms with van der Waals surface area (Å²) in [5, 5.41) is 22.3. The Bertz CT molecular complexity index is 1070. The van der Waals surface area contributed by atoms with E-state index in [4.69, 9.17) is 11.1 Å². The van der Waals surface area contributed by atoms with Crippen LogP contribution in [-0.4, -0.2) is 49.9 Å². The quantitative estimate of drug-likeness (QED) is 0.175. The maximum absolute atomic E-state index is 12.7. The Morgan fingerprint density at radius 1 is 1.00 bits per heavy atom. The van der Waals surface area contributed by atoms with Gasteiger partial charge in [-0.15, -0.1) is 0 Å². The first-order valence-corrected chi connectivity index (χ1v) is 12.5. The van der Waals surface area contributed by atoms with Crippen molar-refractivity contribution in [1.82, 2.24) is 15.4 Å². The van der Waals surface area contributed by atoms with Crippen LogP contribution in [-0.2, 0) is 31.9 Å². The van der Waals surface area contributed by atoms with Crippen LogP contribution in [0, 0.1) is 5.41 Å². The van der Waals surface area contributed by atoms with Crippen LogP contribution in [0.3, 0.4) is 0 Å². The number of amides is 2. The van der Waals surface area contributed by atoms with Crippen LogP contribution in [0.5, 0.6) is 0 Å². The number of carbonyl (C=O) groups excluding carboxylic acids is 2. The lowest BCUT2D eigenvalue weighted by molar-refractivity contribution is -0.130. The molecule has 10 nitrogen and oxygen atoms in total. The molecule has 2 aromatic rings. The minimum Gasteiger partial charge on any atom is -0.394 e. The van der Waals surface area contributed by atoms with E-state index in [1.54, 1.807) is 54.6 Å². The molecule has 0 aromatic heterocycles. The van der Waals surface area contributed by atoms with Crippen molar-refractivity contribution in [2.75, 3.05) is 6.61 Å². The normalized spacial score (nSPS) is 13.0. The van der Waals surface area contributed by atoms with Gasteiger partial charge in [0.2, 0.25) is 21.8 Å². The van der Waals surface area contributed by atoms with Crippen LogP contribution in [0.2, 0.25) is 0 Å². The minimum absolute atomic E-state index is 0.0564. The Morgan fingerprint density at radius 3 is 2.21 bits per heavy atom. The Hall–Kier alpha value is -3.28. The highest BCUT2D eigenvalue weighted by Crippen LogP contribution is 2.07. The Balaban J connectivity index is 1.97. The second-order valence-electron chi connectivity index (χ2n) is 7.78. The van der Waals surface area contributed by atoms with Crippen molar-refractivity contribution in [1.29, 1.82) is 5.41 Å². The lowest BCUT2D eigenvalue weighted by atomic mass is 10.1. The van der Waals surface area contributed by atoms with E-state index in [9.17, 15) is 23.1 Å². The number of rotatable bonds is 13. The molecule has 7 N–H and O–H groups in total. The van der Waals surface area contributed by atoms with E-state index in [1.165, 1.54) is 0 Å². The van der Waals surface area contributed by atoms with Gasteiger partial charge in [-0.1, -0.05) is 67.9 Å². The molecule has 0 spiro atoms. The number of nitrogens with one attached hydrogen (secondary N) is 4. The zero-order valence-electron chi connectivity index (χ0n) is 19.0. The fourth-order valence-electron chi connectivity index (χ4n) is 3.17. The zero-order valence-corrected chi connectivity index (χ0v) is 19.8. The first-order valence-electron chi connectivity index (χ1n) is 10.8. The van der Waals surface area contributed by atoms with Crippen molar-refractivity contribution < 1.29 is 23.1 Å². The summed E-state index contributed by atoms with van der Waals surface area (Å²) in [6, 6.07) is 12.9. The van der Waals surface area contributed by atoms with Gasteiger partial charge in [0, 0.05) is 12.1 Å². The van der Waals surface area contributed by atoms with E-state index >= 15 is 0 Å². The molecule has 0 radical (unpaired) electrons. The van der Waals surface area contributed by atoms with Gasteiger partial charge < -0.3 is 21.5 Å². The standard InChI is InChI=1S/C23H31N5O5S/c1-2-6-19(22(30)26-13-16-9-11-18(12-10-16)21(24)25)27-23(31)20(14-29)28-34(32,33)15-17-7-4-3-5-8-17/h3-5,7-12,19-20,28-29H,2,6,13-15H2,1H3,(H3,24,25)(H,26,30)(H,27,31)/t19-,20+/m0/s1. The molecule has 0 saturated heterocycles. The summed E-state index contributed by atoms with van der Waals surface area (Å²) in [6.07, 6.45) is 0.922. The molecule has 2 aromatic carbocycles. The van der Waals surface area contributed by atoms with Crippen LogP contribution in [0.4, 0.5) is 0 Å². The second kappa shape index (κ2) is 12.8. The van der Waals surface area contributed by atoms with E-state index < -0.39 is 40.5 Å². The predicted molar refractivity (Wildman–Crippen MR) is 129 cm³/mol. The smallest absolute Gasteiger partial charge is 0.242 e. The van der Waals surface area contributed by atoms with Crippen molar-refractivity contribution in [2.45, 2.75) is 44.1 Å². The molecule has 0 bridgehead atoms. The van der Waals surface area contributed by atoms with Crippen LogP contribution >= 0.6 is 0 Å². The molecule has 184 valence electrons. The first-order chi connectivity index (χ1) is 16.1. The lowest BCUT2D eigenvalue weighted by Crippen LogP contribution is -2.54. The van der Waals surface area contributed by atoms with Crippen LogP contribution in [0.15, 0.2) is 54.6 Å². The molecule has 0 aliphatic rings. The zero-order chi connectivity index (χ0) is 25.1. The van der Waals surface area contributed by atoms with E-state index in [2.05, 4.69) is 15.4 Å². The number of amidine groups is 1. The van der Waals surface area contributed by atoms with Gasteiger partial charge in [0.05, 0.1) is 12.4 Å². The van der Waals surface area contributed by atoms with E-state index in [0.29, 0.717) is 24.0 Å². The van der Waals surface area contributed by atoms with Crippen LogP contribution < -0.4 is 21.1 Å². The van der Waals surface area contributed by atoms with Gasteiger partial charge >= 0.3 is 0 Å². The third-order valence-corrected chi connectivity index (χ3v) is 6.32. The van der Waals surface area contributed by atoms with Crippen molar-refractivity contribution >= 4 is 27.7 Å². The van der Waals surface area contributed by atoms with Crippen LogP contribution in [0.1, 0.15) is 36.5 Å². The fraction of sp³-hybridized carbons (Fsp3) is 0.348. The summed E-state index contributed by atoms with van der Waals surface area (Å²) >= 11 is 0. The van der Waals surface area contributed by atoms with Crippen molar-refractivity contribution in [3.63, 3.8) is 0 Å². The number of hydrogen-bond acceptors (Lipinski definition) is 6. The van der Waals surface area contributed by atoms with Gasteiger partial charge in [0.25, 0.3) is 0 Å². The minimum atomic E-state index is -3.91. The number of nitrogen functional groups attached to an aromatic ring is 1. The summed E-state index contributed by atoms with van der Waals surface area (Å²) in [5.41, 5.74) is 7.31. The maximum Gasteiger partial charge on any atom is 0.242 e. The largest absolute Gasteiger partial charge is 0.394 e. The highest BCUT2D eigenvalue weighted by Gasteiger charge is 2.28. The van der Waals surface area contributed by atoms with Crippen molar-refractivity contribution in [2.24, 2.45) is 5.73 Å². The summed E-state index contributed by atoms with van der Waals surface area (Å²) < 4.78 is 27.1. The Labute approximate surface area is 199 Å². The van der Waals surface area contributed by atoms with Gasteiger partial charge in [0.15, 0.2) is 0 Å². The fourth-order valence-corrected chi connectivity index (χ4v) is 4.50. The average molecular weight is 490 g/mol. The summed E-state index contributed by atoms with van der Waals surface area (Å²) in [6.45, 7) is 1.28. The molecule has 11 heteroatoms. The number of aliphatic hydroxyl groups excluding tert-OH is 1. The highest BCUT2D eigenvalue weighted by atomic mass is 32.2. The van der Waals surface area contributed by atoms with Crippen molar-refractivity contribution in [3.05, 3.63) is 71.3 Å². The molecule has 2 atom stereocenters. The number of nitrogens with two attached hydrogens (primary N) is 1. The number of carbonyl (C=O) groups is 2. The van der Waals surface area contributed by atoms with Gasteiger partial charge in [-0.3, -0.25) is 15.0 Å². The number of sulfonamides is 1. The third kappa shape index (κ3) is 8.58. The molecule has 0 aliphatic heterocycles. The monoisotopic (exact) mass is 489 g/mol. The first kappa shape index (κ1) is 27.0. The van der Waals surface area contributed by atoms with Crippen molar-refractivity contribution in [3.8, 4) is 0 Å². The van der Waals surface area contributed by atoms with E-state index in [0.717, 1.165) is 5.56 Å². The molecule has 0 fully saturated rings. The number of benzene rings is 2. The average Bonchev–Trinajstić information content (AvgIpc) is 2.81. The molecule has 0 saturated carbocycles. The maximum atomic E-state index is 12.7. The molecule has 0 heterocycles. The Morgan fingerprint density at radius 2 is 1.65 bits per heavy atom. The summed E-state index contributed by atoms with van der Waals surface area (Å²) in [5.74, 6) is -1.63. The van der Waals surface area contributed by atoms with E-state index in [1.807, 2.05) is 6.92 Å². The van der Waals surface area contributed by atoms with Gasteiger partial charge in [0.1, 0.15) is 17.9 Å². The second-order valence-corrected chi connectivity index (χ2v) is 9.53.